The molecule has 0 saturated carbocycles. The van der Waals surface area contributed by atoms with Crippen LogP contribution in [0, 0.1) is 11.3 Å². The van der Waals surface area contributed by atoms with Crippen LogP contribution in [0.5, 0.6) is 5.75 Å². The lowest BCUT2D eigenvalue weighted by molar-refractivity contribution is 0.302. The van der Waals surface area contributed by atoms with Crippen LogP contribution >= 0.6 is 11.6 Å². The molecule has 1 unspecified atom stereocenters. The summed E-state index contributed by atoms with van der Waals surface area (Å²) in [7, 11) is 0. The van der Waals surface area contributed by atoms with Gasteiger partial charge in [-0.05, 0) is 48.6 Å². The zero-order valence-electron chi connectivity index (χ0n) is 12.8. The summed E-state index contributed by atoms with van der Waals surface area (Å²) in [6.45, 7) is 2.74. The summed E-state index contributed by atoms with van der Waals surface area (Å²) in [6.07, 6.45) is 2.56. The SMILES string of the molecule is CCc1ccccc1OCCCC(C#N)c1cccc(Cl)c1. The summed E-state index contributed by atoms with van der Waals surface area (Å²) in [5.74, 6) is 0.810. The lowest BCUT2D eigenvalue weighted by atomic mass is 9.96. The van der Waals surface area contributed by atoms with Gasteiger partial charge in [0.2, 0.25) is 0 Å². The van der Waals surface area contributed by atoms with Gasteiger partial charge in [-0.3, -0.25) is 0 Å². The van der Waals surface area contributed by atoms with Crippen molar-refractivity contribution in [2.24, 2.45) is 0 Å². The van der Waals surface area contributed by atoms with Crippen LogP contribution < -0.4 is 4.74 Å². The Morgan fingerprint density at radius 3 is 2.73 bits per heavy atom. The maximum atomic E-state index is 9.33. The third-order valence-electron chi connectivity index (χ3n) is 3.66. The standard InChI is InChI=1S/C19H20ClNO/c1-2-15-7-3-4-11-19(15)22-12-6-9-17(14-21)16-8-5-10-18(20)13-16/h3-5,7-8,10-11,13,17H,2,6,9,12H2,1H3. The van der Waals surface area contributed by atoms with Crippen molar-refractivity contribution in [2.45, 2.75) is 32.1 Å². The van der Waals surface area contributed by atoms with E-state index in [1.165, 1.54) is 5.56 Å². The molecule has 2 rings (SSSR count). The average Bonchev–Trinajstić information content (AvgIpc) is 2.55. The molecular formula is C19H20ClNO. The molecule has 22 heavy (non-hydrogen) atoms. The quantitative estimate of drug-likeness (QED) is 0.644. The predicted molar refractivity (Wildman–Crippen MR) is 90.4 cm³/mol. The van der Waals surface area contributed by atoms with Crippen molar-refractivity contribution in [3.63, 3.8) is 0 Å². The molecule has 2 aromatic carbocycles. The van der Waals surface area contributed by atoms with Crippen LogP contribution in [0.1, 0.15) is 36.8 Å². The number of ether oxygens (including phenoxy) is 1. The van der Waals surface area contributed by atoms with Gasteiger partial charge < -0.3 is 4.74 Å². The Morgan fingerprint density at radius 1 is 1.18 bits per heavy atom. The molecule has 0 aromatic heterocycles. The van der Waals surface area contributed by atoms with Gasteiger partial charge in [-0.25, -0.2) is 0 Å². The zero-order chi connectivity index (χ0) is 15.8. The first kappa shape index (κ1) is 16.4. The monoisotopic (exact) mass is 313 g/mol. The first-order chi connectivity index (χ1) is 10.7. The molecule has 0 radical (unpaired) electrons. The summed E-state index contributed by atoms with van der Waals surface area (Å²) in [5.41, 5.74) is 2.19. The molecule has 1 atom stereocenters. The van der Waals surface area contributed by atoms with E-state index >= 15 is 0 Å². The number of nitriles is 1. The Kier molecular flexibility index (Phi) is 6.30. The van der Waals surface area contributed by atoms with Gasteiger partial charge in [0, 0.05) is 5.02 Å². The predicted octanol–water partition coefficient (Wildman–Crippen LogP) is 5.37. The first-order valence-corrected chi connectivity index (χ1v) is 7.98. The molecule has 2 aromatic rings. The van der Waals surface area contributed by atoms with E-state index in [1.807, 2.05) is 42.5 Å². The number of aryl methyl sites for hydroxylation is 1. The molecule has 0 bridgehead atoms. The van der Waals surface area contributed by atoms with E-state index < -0.39 is 0 Å². The maximum Gasteiger partial charge on any atom is 0.122 e. The van der Waals surface area contributed by atoms with E-state index in [-0.39, 0.29) is 5.92 Å². The van der Waals surface area contributed by atoms with E-state index in [9.17, 15) is 5.26 Å². The van der Waals surface area contributed by atoms with E-state index in [0.29, 0.717) is 11.6 Å². The summed E-state index contributed by atoms with van der Waals surface area (Å²) in [6, 6.07) is 18.0. The highest BCUT2D eigenvalue weighted by atomic mass is 35.5. The minimum absolute atomic E-state index is 0.135. The number of para-hydroxylation sites is 1. The van der Waals surface area contributed by atoms with E-state index in [0.717, 1.165) is 30.6 Å². The topological polar surface area (TPSA) is 33.0 Å². The minimum Gasteiger partial charge on any atom is -0.493 e. The fraction of sp³-hybridized carbons (Fsp3) is 0.316. The largest absolute Gasteiger partial charge is 0.493 e. The smallest absolute Gasteiger partial charge is 0.122 e. The van der Waals surface area contributed by atoms with Gasteiger partial charge in [0.1, 0.15) is 5.75 Å². The van der Waals surface area contributed by atoms with Crippen LogP contribution in [-0.2, 0) is 6.42 Å². The van der Waals surface area contributed by atoms with Crippen molar-refractivity contribution < 1.29 is 4.74 Å². The van der Waals surface area contributed by atoms with Gasteiger partial charge in [-0.2, -0.15) is 5.26 Å². The molecular weight excluding hydrogens is 294 g/mol. The third kappa shape index (κ3) is 4.51. The number of benzene rings is 2. The molecule has 0 aliphatic heterocycles. The normalized spacial score (nSPS) is 11.7. The summed E-state index contributed by atoms with van der Waals surface area (Å²) in [5, 5.41) is 10.0. The van der Waals surface area contributed by atoms with Crippen LogP contribution in [0.4, 0.5) is 0 Å². The molecule has 0 aliphatic rings. The molecule has 0 amide bonds. The molecule has 0 aliphatic carbocycles. The fourth-order valence-corrected chi connectivity index (χ4v) is 2.63. The van der Waals surface area contributed by atoms with Crippen LogP contribution in [0.15, 0.2) is 48.5 Å². The van der Waals surface area contributed by atoms with Crippen molar-refractivity contribution >= 4 is 11.6 Å². The lowest BCUT2D eigenvalue weighted by Gasteiger charge is -2.12. The number of halogens is 1. The highest BCUT2D eigenvalue weighted by molar-refractivity contribution is 6.30. The number of rotatable bonds is 7. The van der Waals surface area contributed by atoms with E-state index in [4.69, 9.17) is 16.3 Å². The molecule has 0 heterocycles. The van der Waals surface area contributed by atoms with Crippen molar-refractivity contribution in [1.29, 1.82) is 5.26 Å². The van der Waals surface area contributed by atoms with Crippen molar-refractivity contribution in [3.05, 3.63) is 64.7 Å². The van der Waals surface area contributed by atoms with Crippen LogP contribution in [0.3, 0.4) is 0 Å². The first-order valence-electron chi connectivity index (χ1n) is 7.60. The average molecular weight is 314 g/mol. The van der Waals surface area contributed by atoms with Crippen molar-refractivity contribution in [2.75, 3.05) is 6.61 Å². The van der Waals surface area contributed by atoms with Crippen LogP contribution in [0.2, 0.25) is 5.02 Å². The summed E-state index contributed by atoms with van der Waals surface area (Å²) >= 11 is 5.99. The fourth-order valence-electron chi connectivity index (χ4n) is 2.44. The second kappa shape index (κ2) is 8.46. The molecule has 0 spiro atoms. The molecule has 2 nitrogen and oxygen atoms in total. The minimum atomic E-state index is -0.135. The zero-order valence-corrected chi connectivity index (χ0v) is 13.5. The maximum absolute atomic E-state index is 9.33. The highest BCUT2D eigenvalue weighted by Crippen LogP contribution is 2.24. The Balaban J connectivity index is 1.86. The number of hydrogen-bond donors (Lipinski definition) is 0. The Hall–Kier alpha value is -1.98. The second-order valence-corrected chi connectivity index (χ2v) is 5.63. The number of nitrogens with zero attached hydrogens (tertiary/aromatic N) is 1. The Morgan fingerprint density at radius 2 is 2.00 bits per heavy atom. The lowest BCUT2D eigenvalue weighted by Crippen LogP contribution is -2.03. The molecule has 114 valence electrons. The van der Waals surface area contributed by atoms with Crippen LogP contribution in [-0.4, -0.2) is 6.61 Å². The van der Waals surface area contributed by atoms with E-state index in [1.54, 1.807) is 0 Å². The molecule has 0 N–H and O–H groups in total. The Labute approximate surface area is 137 Å². The summed E-state index contributed by atoms with van der Waals surface area (Å²) in [4.78, 5) is 0. The van der Waals surface area contributed by atoms with E-state index in [2.05, 4.69) is 19.1 Å². The highest BCUT2D eigenvalue weighted by Gasteiger charge is 2.11. The molecule has 0 saturated heterocycles. The van der Waals surface area contributed by atoms with Gasteiger partial charge >= 0.3 is 0 Å². The van der Waals surface area contributed by atoms with Gasteiger partial charge in [0.05, 0.1) is 18.6 Å². The van der Waals surface area contributed by atoms with Gasteiger partial charge in [-0.15, -0.1) is 0 Å². The number of hydrogen-bond acceptors (Lipinski definition) is 2. The Bertz CT molecular complexity index is 648. The third-order valence-corrected chi connectivity index (χ3v) is 3.89. The van der Waals surface area contributed by atoms with Crippen molar-refractivity contribution in [3.8, 4) is 11.8 Å². The molecule has 3 heteroatoms. The van der Waals surface area contributed by atoms with Gasteiger partial charge in [0.25, 0.3) is 0 Å². The second-order valence-electron chi connectivity index (χ2n) is 5.19. The van der Waals surface area contributed by atoms with Crippen LogP contribution in [0.25, 0.3) is 0 Å². The van der Waals surface area contributed by atoms with Gasteiger partial charge in [-0.1, -0.05) is 48.9 Å². The van der Waals surface area contributed by atoms with Gasteiger partial charge in [0.15, 0.2) is 0 Å². The summed E-state index contributed by atoms with van der Waals surface area (Å²) < 4.78 is 5.85. The molecule has 0 fully saturated rings. The van der Waals surface area contributed by atoms with Crippen molar-refractivity contribution in [1.82, 2.24) is 0 Å².